The minimum atomic E-state index is -0.855. The molecule has 0 fully saturated rings. The normalized spacial score (nSPS) is 10.5. The molecular weight excluding hydrogens is 522 g/mol. The summed E-state index contributed by atoms with van der Waals surface area (Å²) in [6.07, 6.45) is 7.52. The number of carbonyl (C=O) groups is 1. The molecular formula is C22H18BrN7O5. The molecule has 35 heavy (non-hydrogen) atoms. The van der Waals surface area contributed by atoms with Crippen LogP contribution in [0.2, 0.25) is 0 Å². The van der Waals surface area contributed by atoms with Crippen molar-refractivity contribution in [3.63, 3.8) is 0 Å². The van der Waals surface area contributed by atoms with Crippen molar-refractivity contribution in [2.24, 2.45) is 5.73 Å². The molecule has 0 unspecified atom stereocenters. The van der Waals surface area contributed by atoms with Crippen molar-refractivity contribution < 1.29 is 23.7 Å². The maximum Gasteiger partial charge on any atom is 0.316 e. The van der Waals surface area contributed by atoms with Gasteiger partial charge >= 0.3 is 6.01 Å². The van der Waals surface area contributed by atoms with Gasteiger partial charge in [0.1, 0.15) is 18.9 Å². The molecule has 0 saturated carbocycles. The molecule has 12 nitrogen and oxygen atoms in total. The lowest BCUT2D eigenvalue weighted by atomic mass is 10.3. The monoisotopic (exact) mass is 539 g/mol. The zero-order chi connectivity index (χ0) is 24.6. The van der Waals surface area contributed by atoms with E-state index in [1.807, 2.05) is 0 Å². The van der Waals surface area contributed by atoms with E-state index in [-0.39, 0.29) is 42.4 Å². The van der Waals surface area contributed by atoms with Gasteiger partial charge in [0.2, 0.25) is 5.75 Å². The summed E-state index contributed by atoms with van der Waals surface area (Å²) < 4.78 is 23.3. The third kappa shape index (κ3) is 5.95. The lowest BCUT2D eigenvalue weighted by Gasteiger charge is -2.16. The van der Waals surface area contributed by atoms with E-state index in [0.29, 0.717) is 17.2 Å². The van der Waals surface area contributed by atoms with Gasteiger partial charge in [0.25, 0.3) is 11.8 Å². The first-order valence-electron chi connectivity index (χ1n) is 10.1. The molecule has 178 valence electrons. The number of primary amides is 1. The summed E-state index contributed by atoms with van der Waals surface area (Å²) in [6, 6.07) is 7.03. The van der Waals surface area contributed by atoms with E-state index >= 15 is 0 Å². The highest BCUT2D eigenvalue weighted by Crippen LogP contribution is 2.38. The van der Waals surface area contributed by atoms with E-state index in [1.54, 1.807) is 36.7 Å². The molecule has 0 saturated heterocycles. The number of hydrogen-bond acceptors (Lipinski definition) is 11. The second kappa shape index (κ2) is 11.2. The molecule has 13 heteroatoms. The summed E-state index contributed by atoms with van der Waals surface area (Å²) in [7, 11) is 1.49. The summed E-state index contributed by atoms with van der Waals surface area (Å²) in [5.74, 6) is -0.200. The van der Waals surface area contributed by atoms with Crippen LogP contribution in [0.25, 0.3) is 11.5 Å². The van der Waals surface area contributed by atoms with E-state index in [4.69, 9.17) is 24.7 Å². The third-order valence-electron chi connectivity index (χ3n) is 4.29. The van der Waals surface area contributed by atoms with Gasteiger partial charge in [0.05, 0.1) is 17.8 Å². The summed E-state index contributed by atoms with van der Waals surface area (Å²) in [4.78, 5) is 37.2. The number of methoxy groups -OCH3 is 1. The number of para-hydroxylation sites is 2. The van der Waals surface area contributed by atoms with Crippen molar-refractivity contribution in [2.75, 3.05) is 20.3 Å². The second-order valence-electron chi connectivity index (χ2n) is 6.62. The molecule has 1 amide bonds. The van der Waals surface area contributed by atoms with Crippen molar-refractivity contribution >= 4 is 21.8 Å². The van der Waals surface area contributed by atoms with Crippen LogP contribution in [0.3, 0.4) is 0 Å². The number of ether oxygens (including phenoxy) is 4. The number of nitrogens with zero attached hydrogens (tertiary/aromatic N) is 6. The van der Waals surface area contributed by atoms with Crippen molar-refractivity contribution in [1.82, 2.24) is 29.9 Å². The van der Waals surface area contributed by atoms with Crippen LogP contribution >= 0.6 is 15.9 Å². The largest absolute Gasteiger partial charge is 0.493 e. The Bertz CT molecular complexity index is 1310. The maximum absolute atomic E-state index is 12.3. The SMILES string of the molecule is COc1ccccc1Oc1c(OCCOc2ncc(Br)cn2)nc(-c2cnccn2)nc1C(N)=O. The lowest BCUT2D eigenvalue weighted by molar-refractivity contribution is 0.0991. The van der Waals surface area contributed by atoms with Crippen molar-refractivity contribution in [3.05, 3.63) is 65.4 Å². The molecule has 4 rings (SSSR count). The molecule has 3 heterocycles. The third-order valence-corrected chi connectivity index (χ3v) is 4.70. The maximum atomic E-state index is 12.3. The Hall–Kier alpha value is -4.39. The van der Waals surface area contributed by atoms with Gasteiger partial charge < -0.3 is 24.7 Å². The smallest absolute Gasteiger partial charge is 0.316 e. The highest BCUT2D eigenvalue weighted by molar-refractivity contribution is 9.10. The number of rotatable bonds is 10. The minimum absolute atomic E-state index is 0.0107. The first-order valence-corrected chi connectivity index (χ1v) is 10.9. The summed E-state index contributed by atoms with van der Waals surface area (Å²) in [6.45, 7) is 0.0863. The van der Waals surface area contributed by atoms with Gasteiger partial charge in [-0.3, -0.25) is 9.78 Å². The van der Waals surface area contributed by atoms with Crippen molar-refractivity contribution in [2.45, 2.75) is 0 Å². The Balaban J connectivity index is 1.66. The van der Waals surface area contributed by atoms with E-state index in [1.165, 1.54) is 25.7 Å². The van der Waals surface area contributed by atoms with E-state index in [2.05, 4.69) is 45.8 Å². The number of nitrogens with two attached hydrogens (primary N) is 1. The molecule has 0 bridgehead atoms. The van der Waals surface area contributed by atoms with Gasteiger partial charge in [-0.25, -0.2) is 19.9 Å². The zero-order valence-corrected chi connectivity index (χ0v) is 19.9. The average molecular weight is 540 g/mol. The predicted octanol–water partition coefficient (Wildman–Crippen LogP) is 2.84. The summed E-state index contributed by atoms with van der Waals surface area (Å²) in [5, 5.41) is 0. The van der Waals surface area contributed by atoms with Gasteiger partial charge in [-0.2, -0.15) is 4.98 Å². The molecule has 0 spiro atoms. The number of carbonyl (C=O) groups excluding carboxylic acids is 1. The Morgan fingerprint density at radius 2 is 1.71 bits per heavy atom. The van der Waals surface area contributed by atoms with E-state index < -0.39 is 5.91 Å². The van der Waals surface area contributed by atoms with Crippen LogP contribution in [0, 0.1) is 0 Å². The Morgan fingerprint density at radius 1 is 0.971 bits per heavy atom. The zero-order valence-electron chi connectivity index (χ0n) is 18.3. The fraction of sp³-hybridized carbons (Fsp3) is 0.136. The standard InChI is InChI=1S/C22H18BrN7O5/c1-32-15-4-2-3-5-16(15)35-18-17(19(24)31)29-20(14-12-25-6-7-26-14)30-21(18)33-8-9-34-22-27-10-13(23)11-28-22/h2-7,10-12H,8-9H2,1H3,(H2,24,31). The molecule has 0 radical (unpaired) electrons. The molecule has 0 aliphatic heterocycles. The van der Waals surface area contributed by atoms with Gasteiger partial charge in [0.15, 0.2) is 23.0 Å². The van der Waals surface area contributed by atoms with Crippen LogP contribution in [0.15, 0.2) is 59.7 Å². The number of amides is 1. The molecule has 4 aromatic rings. The molecule has 0 aliphatic rings. The Labute approximate surface area is 207 Å². The first-order chi connectivity index (χ1) is 17.0. The minimum Gasteiger partial charge on any atom is -0.493 e. The number of halogens is 1. The fourth-order valence-electron chi connectivity index (χ4n) is 2.78. The Morgan fingerprint density at radius 3 is 2.40 bits per heavy atom. The van der Waals surface area contributed by atoms with Crippen molar-refractivity contribution in [3.8, 4) is 40.7 Å². The highest BCUT2D eigenvalue weighted by Gasteiger charge is 2.24. The molecule has 0 aliphatic carbocycles. The van der Waals surface area contributed by atoms with Gasteiger partial charge in [-0.15, -0.1) is 0 Å². The first kappa shape index (κ1) is 23.8. The topological polar surface area (TPSA) is 157 Å². The fourth-order valence-corrected chi connectivity index (χ4v) is 2.98. The number of benzene rings is 1. The van der Waals surface area contributed by atoms with E-state index in [9.17, 15) is 4.79 Å². The van der Waals surface area contributed by atoms with Gasteiger partial charge in [-0.05, 0) is 28.1 Å². The molecule has 2 N–H and O–H groups in total. The van der Waals surface area contributed by atoms with Gasteiger partial charge in [-0.1, -0.05) is 12.1 Å². The number of aromatic nitrogens is 6. The van der Waals surface area contributed by atoms with Gasteiger partial charge in [0, 0.05) is 24.8 Å². The highest BCUT2D eigenvalue weighted by atomic mass is 79.9. The van der Waals surface area contributed by atoms with Crippen LogP contribution in [0.5, 0.6) is 29.1 Å². The average Bonchev–Trinajstić information content (AvgIpc) is 2.89. The van der Waals surface area contributed by atoms with Crippen LogP contribution in [0.1, 0.15) is 10.5 Å². The quantitative estimate of drug-likeness (QED) is 0.295. The summed E-state index contributed by atoms with van der Waals surface area (Å²) >= 11 is 3.26. The summed E-state index contributed by atoms with van der Waals surface area (Å²) in [5.41, 5.74) is 5.72. The van der Waals surface area contributed by atoms with Crippen LogP contribution in [0.4, 0.5) is 0 Å². The lowest BCUT2D eigenvalue weighted by Crippen LogP contribution is -2.18. The van der Waals surface area contributed by atoms with Crippen LogP contribution < -0.4 is 24.7 Å². The van der Waals surface area contributed by atoms with E-state index in [0.717, 1.165) is 4.47 Å². The van der Waals surface area contributed by atoms with Crippen LogP contribution in [-0.4, -0.2) is 56.1 Å². The second-order valence-corrected chi connectivity index (χ2v) is 7.53. The molecule has 3 aromatic heterocycles. The Kier molecular flexibility index (Phi) is 7.57. The molecule has 0 atom stereocenters. The number of hydrogen-bond donors (Lipinski definition) is 1. The van der Waals surface area contributed by atoms with Crippen molar-refractivity contribution in [1.29, 1.82) is 0 Å². The van der Waals surface area contributed by atoms with Crippen LogP contribution in [-0.2, 0) is 0 Å². The molecule has 1 aromatic carbocycles. The predicted molar refractivity (Wildman–Crippen MR) is 125 cm³/mol.